The number of piperazine rings is 1. The van der Waals surface area contributed by atoms with Crippen LogP contribution in [0.5, 0.6) is 0 Å². The third kappa shape index (κ3) is 5.67. The zero-order valence-electron chi connectivity index (χ0n) is 17.4. The lowest BCUT2D eigenvalue weighted by Crippen LogP contribution is -2.44. The van der Waals surface area contributed by atoms with Crippen molar-refractivity contribution in [1.29, 1.82) is 0 Å². The second-order valence-electron chi connectivity index (χ2n) is 7.19. The zero-order chi connectivity index (χ0) is 22.4. The first-order valence-electron chi connectivity index (χ1n) is 9.77. The lowest BCUT2D eigenvalue weighted by atomic mass is 10.1. The van der Waals surface area contributed by atoms with E-state index in [0.29, 0.717) is 16.8 Å². The number of rotatable bonds is 6. The predicted molar refractivity (Wildman–Crippen MR) is 118 cm³/mol. The van der Waals surface area contributed by atoms with Crippen LogP contribution in [0.15, 0.2) is 48.5 Å². The van der Waals surface area contributed by atoms with Crippen LogP contribution in [0.2, 0.25) is 0 Å². The molecule has 1 saturated heterocycles. The summed E-state index contributed by atoms with van der Waals surface area (Å²) < 4.78 is 4.79. The van der Waals surface area contributed by atoms with Crippen LogP contribution in [0, 0.1) is 10.1 Å². The highest BCUT2D eigenvalue weighted by Gasteiger charge is 2.19. The van der Waals surface area contributed by atoms with E-state index in [1.54, 1.807) is 30.3 Å². The van der Waals surface area contributed by atoms with Crippen LogP contribution in [0.1, 0.15) is 15.9 Å². The monoisotopic (exact) mass is 424 g/mol. The molecule has 2 aromatic rings. The molecule has 0 unspecified atom stereocenters. The van der Waals surface area contributed by atoms with E-state index >= 15 is 0 Å². The van der Waals surface area contributed by atoms with Crippen LogP contribution in [0.4, 0.5) is 17.1 Å². The SMILES string of the molecule is COC(=O)c1ccc(N2CCN(C)CC2)c(NC(=O)/C=C/c2cccc([N+](=O)[O-])c2)c1. The number of nitrogens with one attached hydrogen (secondary N) is 1. The molecule has 1 heterocycles. The molecule has 2 aromatic carbocycles. The van der Waals surface area contributed by atoms with Gasteiger partial charge < -0.3 is 19.9 Å². The molecule has 9 heteroatoms. The summed E-state index contributed by atoms with van der Waals surface area (Å²) in [5, 5.41) is 13.7. The highest BCUT2D eigenvalue weighted by Crippen LogP contribution is 2.29. The minimum absolute atomic E-state index is 0.0503. The maximum Gasteiger partial charge on any atom is 0.337 e. The number of nitrogens with zero attached hydrogens (tertiary/aromatic N) is 3. The Kier molecular flexibility index (Phi) is 6.99. The number of ether oxygens (including phenoxy) is 1. The number of hydrogen-bond donors (Lipinski definition) is 1. The molecule has 0 radical (unpaired) electrons. The topological polar surface area (TPSA) is 105 Å². The number of non-ortho nitro benzene ring substituents is 1. The van der Waals surface area contributed by atoms with E-state index in [-0.39, 0.29) is 5.69 Å². The predicted octanol–water partition coefficient (Wildman–Crippen LogP) is 2.79. The van der Waals surface area contributed by atoms with Gasteiger partial charge in [0.15, 0.2) is 0 Å². The molecule has 9 nitrogen and oxygen atoms in total. The summed E-state index contributed by atoms with van der Waals surface area (Å²) in [5.74, 6) is -0.906. The van der Waals surface area contributed by atoms with Gasteiger partial charge in [0.2, 0.25) is 5.91 Å². The molecular weight excluding hydrogens is 400 g/mol. The number of benzene rings is 2. The summed E-state index contributed by atoms with van der Waals surface area (Å²) in [4.78, 5) is 39.3. The molecule has 1 aliphatic rings. The van der Waals surface area contributed by atoms with Gasteiger partial charge in [-0.15, -0.1) is 0 Å². The molecule has 1 amide bonds. The van der Waals surface area contributed by atoms with E-state index in [1.807, 2.05) is 0 Å². The first-order valence-corrected chi connectivity index (χ1v) is 9.77. The lowest BCUT2D eigenvalue weighted by Gasteiger charge is -2.35. The Morgan fingerprint density at radius 1 is 1.13 bits per heavy atom. The molecule has 0 atom stereocenters. The van der Waals surface area contributed by atoms with Gasteiger partial charge >= 0.3 is 5.97 Å². The van der Waals surface area contributed by atoms with E-state index in [4.69, 9.17) is 4.74 Å². The van der Waals surface area contributed by atoms with E-state index in [0.717, 1.165) is 31.9 Å². The van der Waals surface area contributed by atoms with Gasteiger partial charge in [0.05, 0.1) is 29.0 Å². The third-order valence-corrected chi connectivity index (χ3v) is 5.03. The van der Waals surface area contributed by atoms with Crippen molar-refractivity contribution in [2.45, 2.75) is 0 Å². The Morgan fingerprint density at radius 2 is 1.87 bits per heavy atom. The van der Waals surface area contributed by atoms with Crippen LogP contribution in [0.3, 0.4) is 0 Å². The number of likely N-dealkylation sites (N-methyl/N-ethyl adjacent to an activating group) is 1. The number of carbonyl (C=O) groups excluding carboxylic acids is 2. The minimum atomic E-state index is -0.493. The maximum atomic E-state index is 12.6. The number of methoxy groups -OCH3 is 1. The average Bonchev–Trinajstić information content (AvgIpc) is 2.78. The molecule has 0 aliphatic carbocycles. The van der Waals surface area contributed by atoms with Gasteiger partial charge in [0.1, 0.15) is 0 Å². The molecule has 0 bridgehead atoms. The molecule has 0 aromatic heterocycles. The summed E-state index contributed by atoms with van der Waals surface area (Å²) in [5.41, 5.74) is 2.13. The van der Waals surface area contributed by atoms with E-state index in [9.17, 15) is 19.7 Å². The molecule has 3 rings (SSSR count). The standard InChI is InChI=1S/C22H24N4O5/c1-24-10-12-25(13-11-24)20-8-7-17(22(28)31-2)15-19(20)23-21(27)9-6-16-4-3-5-18(14-16)26(29)30/h3-9,14-15H,10-13H2,1-2H3,(H,23,27)/b9-6+. The van der Waals surface area contributed by atoms with Gasteiger partial charge in [0.25, 0.3) is 5.69 Å². The Morgan fingerprint density at radius 3 is 2.55 bits per heavy atom. The van der Waals surface area contributed by atoms with Crippen molar-refractivity contribution in [3.05, 3.63) is 69.8 Å². The smallest absolute Gasteiger partial charge is 0.337 e. The van der Waals surface area contributed by atoms with Gasteiger partial charge in [-0.2, -0.15) is 0 Å². The second kappa shape index (κ2) is 9.86. The van der Waals surface area contributed by atoms with Crippen molar-refractivity contribution in [3.8, 4) is 0 Å². The molecule has 0 spiro atoms. The molecule has 1 aliphatic heterocycles. The second-order valence-corrected chi connectivity index (χ2v) is 7.19. The van der Waals surface area contributed by atoms with Crippen molar-refractivity contribution in [2.75, 3.05) is 50.6 Å². The van der Waals surface area contributed by atoms with Crippen LogP contribution in [0.25, 0.3) is 6.08 Å². The van der Waals surface area contributed by atoms with Crippen molar-refractivity contribution < 1.29 is 19.2 Å². The van der Waals surface area contributed by atoms with Crippen molar-refractivity contribution in [2.24, 2.45) is 0 Å². The third-order valence-electron chi connectivity index (χ3n) is 5.03. The van der Waals surface area contributed by atoms with Gasteiger partial charge in [-0.1, -0.05) is 12.1 Å². The largest absolute Gasteiger partial charge is 0.465 e. The lowest BCUT2D eigenvalue weighted by molar-refractivity contribution is -0.384. The minimum Gasteiger partial charge on any atom is -0.465 e. The van der Waals surface area contributed by atoms with Crippen molar-refractivity contribution in [1.82, 2.24) is 4.90 Å². The Balaban J connectivity index is 1.82. The first kappa shape index (κ1) is 22.0. The summed E-state index contributed by atoms with van der Waals surface area (Å²) in [6.45, 7) is 3.36. The summed E-state index contributed by atoms with van der Waals surface area (Å²) in [6.07, 6.45) is 2.81. The van der Waals surface area contributed by atoms with Crippen molar-refractivity contribution >= 4 is 35.0 Å². The van der Waals surface area contributed by atoms with E-state index < -0.39 is 16.8 Å². The molecular formula is C22H24N4O5. The molecule has 1 N–H and O–H groups in total. The van der Waals surface area contributed by atoms with E-state index in [1.165, 1.54) is 31.4 Å². The van der Waals surface area contributed by atoms with Crippen LogP contribution in [-0.2, 0) is 9.53 Å². The van der Waals surface area contributed by atoms with Gasteiger partial charge in [-0.3, -0.25) is 14.9 Å². The molecule has 0 saturated carbocycles. The number of anilines is 2. The maximum absolute atomic E-state index is 12.6. The molecule has 31 heavy (non-hydrogen) atoms. The summed E-state index contributed by atoms with van der Waals surface area (Å²) >= 11 is 0. The molecule has 1 fully saturated rings. The number of esters is 1. The summed E-state index contributed by atoms with van der Waals surface area (Å²) in [7, 11) is 3.36. The number of hydrogen-bond acceptors (Lipinski definition) is 7. The first-order chi connectivity index (χ1) is 14.9. The number of nitro benzene ring substituents is 1. The van der Waals surface area contributed by atoms with Gasteiger partial charge in [-0.25, -0.2) is 4.79 Å². The number of amides is 1. The van der Waals surface area contributed by atoms with Crippen LogP contribution in [-0.4, -0.2) is 62.0 Å². The van der Waals surface area contributed by atoms with Crippen LogP contribution < -0.4 is 10.2 Å². The van der Waals surface area contributed by atoms with Crippen LogP contribution >= 0.6 is 0 Å². The normalized spacial score (nSPS) is 14.5. The molecule has 162 valence electrons. The Labute approximate surface area is 180 Å². The average molecular weight is 424 g/mol. The van der Waals surface area contributed by atoms with E-state index in [2.05, 4.69) is 22.2 Å². The fourth-order valence-electron chi connectivity index (χ4n) is 3.29. The fraction of sp³-hybridized carbons (Fsp3) is 0.273. The highest BCUT2D eigenvalue weighted by atomic mass is 16.6. The zero-order valence-corrected chi connectivity index (χ0v) is 17.4. The highest BCUT2D eigenvalue weighted by molar-refractivity contribution is 6.05. The van der Waals surface area contributed by atoms with Gasteiger partial charge in [0, 0.05) is 44.4 Å². The Hall–Kier alpha value is -3.72. The van der Waals surface area contributed by atoms with Crippen molar-refractivity contribution in [3.63, 3.8) is 0 Å². The fourth-order valence-corrected chi connectivity index (χ4v) is 3.29. The quantitative estimate of drug-likeness (QED) is 0.329. The van der Waals surface area contributed by atoms with Gasteiger partial charge in [-0.05, 0) is 36.9 Å². The Bertz CT molecular complexity index is 1010. The number of carbonyl (C=O) groups is 2. The summed E-state index contributed by atoms with van der Waals surface area (Å²) in [6, 6.07) is 11.1. The number of nitro groups is 1.